The van der Waals surface area contributed by atoms with E-state index >= 15 is 0 Å². The molecule has 20 heavy (non-hydrogen) atoms. The molecule has 0 spiro atoms. The summed E-state index contributed by atoms with van der Waals surface area (Å²) in [5.41, 5.74) is 0. The zero-order chi connectivity index (χ0) is 14.2. The van der Waals surface area contributed by atoms with Gasteiger partial charge in [0.25, 0.3) is 0 Å². The van der Waals surface area contributed by atoms with Gasteiger partial charge < -0.3 is 4.74 Å². The van der Waals surface area contributed by atoms with Gasteiger partial charge in [-0.1, -0.05) is 39.0 Å². The second-order valence-corrected chi connectivity index (χ2v) is 6.91. The van der Waals surface area contributed by atoms with E-state index in [-0.39, 0.29) is 0 Å². The molecule has 0 heterocycles. The zero-order valence-electron chi connectivity index (χ0n) is 13.2. The van der Waals surface area contributed by atoms with Crippen LogP contribution in [0.15, 0.2) is 0 Å². The summed E-state index contributed by atoms with van der Waals surface area (Å²) in [6.07, 6.45) is 14.5. The second-order valence-electron chi connectivity index (χ2n) is 6.91. The lowest BCUT2D eigenvalue weighted by Crippen LogP contribution is -2.22. The first-order valence-electron chi connectivity index (χ1n) is 8.83. The Morgan fingerprint density at radius 1 is 0.950 bits per heavy atom. The zero-order valence-corrected chi connectivity index (χ0v) is 13.2. The highest BCUT2D eigenvalue weighted by Crippen LogP contribution is 2.33. The summed E-state index contributed by atoms with van der Waals surface area (Å²) in [6.45, 7) is 3.27. The van der Waals surface area contributed by atoms with E-state index in [1.165, 1.54) is 44.9 Å². The normalized spacial score (nSPS) is 34.6. The summed E-state index contributed by atoms with van der Waals surface area (Å²) in [4.78, 5) is 0. The lowest BCUT2D eigenvalue weighted by atomic mass is 9.79. The minimum absolute atomic E-state index is 0.295. The van der Waals surface area contributed by atoms with Crippen molar-refractivity contribution >= 4 is 0 Å². The summed E-state index contributed by atoms with van der Waals surface area (Å²) in [7, 11) is 0. The maximum atomic E-state index is 8.88. The van der Waals surface area contributed by atoms with E-state index in [4.69, 9.17) is 10.00 Å². The van der Waals surface area contributed by atoms with Gasteiger partial charge in [-0.2, -0.15) is 5.26 Å². The molecule has 2 nitrogen and oxygen atoms in total. The molecule has 0 unspecified atom stereocenters. The lowest BCUT2D eigenvalue weighted by molar-refractivity contribution is 0.0187. The van der Waals surface area contributed by atoms with Gasteiger partial charge in [-0.25, -0.2) is 0 Å². The molecule has 114 valence electrons. The first-order chi connectivity index (χ1) is 9.81. The van der Waals surface area contributed by atoms with Crippen molar-refractivity contribution in [2.24, 2.45) is 17.8 Å². The molecule has 2 fully saturated rings. The van der Waals surface area contributed by atoms with Crippen molar-refractivity contribution in [1.82, 2.24) is 0 Å². The fourth-order valence-corrected chi connectivity index (χ4v) is 3.91. The van der Waals surface area contributed by atoms with Gasteiger partial charge in [0.2, 0.25) is 0 Å². The molecule has 0 aromatic rings. The third-order valence-electron chi connectivity index (χ3n) is 5.51. The fourth-order valence-electron chi connectivity index (χ4n) is 3.91. The van der Waals surface area contributed by atoms with Gasteiger partial charge in [-0.05, 0) is 50.4 Å². The van der Waals surface area contributed by atoms with Gasteiger partial charge in [0, 0.05) is 12.5 Å². The number of rotatable bonds is 6. The second kappa shape index (κ2) is 8.67. The van der Waals surface area contributed by atoms with Crippen LogP contribution < -0.4 is 0 Å². The Hall–Kier alpha value is -0.550. The van der Waals surface area contributed by atoms with E-state index in [1.54, 1.807) is 0 Å². The SMILES string of the molecule is CC[C@H]1CC[C@H](CCCOC2CCC(C#N)CC2)CC1. The van der Waals surface area contributed by atoms with Crippen LogP contribution in [0.3, 0.4) is 0 Å². The van der Waals surface area contributed by atoms with Crippen molar-refractivity contribution in [3.05, 3.63) is 0 Å². The smallest absolute Gasteiger partial charge is 0.0655 e. The minimum atomic E-state index is 0.295. The monoisotopic (exact) mass is 277 g/mol. The highest BCUT2D eigenvalue weighted by Gasteiger charge is 2.22. The van der Waals surface area contributed by atoms with E-state index in [0.717, 1.165) is 44.1 Å². The van der Waals surface area contributed by atoms with Crippen molar-refractivity contribution in [3.63, 3.8) is 0 Å². The topological polar surface area (TPSA) is 33.0 Å². The molecule has 0 aromatic heterocycles. The third kappa shape index (κ3) is 5.09. The van der Waals surface area contributed by atoms with E-state index in [0.29, 0.717) is 12.0 Å². The van der Waals surface area contributed by atoms with Gasteiger partial charge in [-0.3, -0.25) is 0 Å². The van der Waals surface area contributed by atoms with Crippen LogP contribution in [0.2, 0.25) is 0 Å². The minimum Gasteiger partial charge on any atom is -0.378 e. The summed E-state index contributed by atoms with van der Waals surface area (Å²) in [6, 6.07) is 2.39. The van der Waals surface area contributed by atoms with Gasteiger partial charge in [0.1, 0.15) is 0 Å². The molecule has 0 amide bonds. The molecule has 0 aromatic carbocycles. The highest BCUT2D eigenvalue weighted by molar-refractivity contribution is 4.87. The summed E-state index contributed by atoms with van der Waals surface area (Å²) < 4.78 is 6.00. The molecule has 2 rings (SSSR count). The molecule has 0 N–H and O–H groups in total. The maximum absolute atomic E-state index is 8.88. The number of nitrogens with zero attached hydrogens (tertiary/aromatic N) is 1. The van der Waals surface area contributed by atoms with Crippen LogP contribution in [-0.2, 0) is 4.74 Å². The van der Waals surface area contributed by atoms with Crippen LogP contribution in [0.25, 0.3) is 0 Å². The molecule has 2 saturated carbocycles. The van der Waals surface area contributed by atoms with E-state index in [1.807, 2.05) is 0 Å². The first-order valence-corrected chi connectivity index (χ1v) is 8.83. The van der Waals surface area contributed by atoms with E-state index in [2.05, 4.69) is 13.0 Å². The average molecular weight is 277 g/mol. The molecule has 2 heteroatoms. The number of nitriles is 1. The maximum Gasteiger partial charge on any atom is 0.0655 e. The van der Waals surface area contributed by atoms with Gasteiger partial charge in [0.05, 0.1) is 12.2 Å². The van der Waals surface area contributed by atoms with Crippen LogP contribution in [0.1, 0.15) is 77.6 Å². The van der Waals surface area contributed by atoms with Crippen LogP contribution in [0.4, 0.5) is 0 Å². The molecule has 2 aliphatic carbocycles. The molecule has 0 aliphatic heterocycles. The Morgan fingerprint density at radius 3 is 2.20 bits per heavy atom. The third-order valence-corrected chi connectivity index (χ3v) is 5.51. The predicted octanol–water partition coefficient (Wildman–Crippen LogP) is 5.08. The molecule has 2 aliphatic rings. The lowest BCUT2D eigenvalue weighted by Gasteiger charge is -2.28. The Labute approximate surface area is 124 Å². The molecule has 0 radical (unpaired) electrons. The van der Waals surface area contributed by atoms with Crippen molar-refractivity contribution in [2.45, 2.75) is 83.7 Å². The van der Waals surface area contributed by atoms with Crippen LogP contribution >= 0.6 is 0 Å². The standard InChI is InChI=1S/C18H31NO/c1-2-15-5-7-16(8-6-15)4-3-13-20-18-11-9-17(14-19)10-12-18/h15-18H,2-13H2,1H3/t15-,16-,17?,18?. The molecule has 0 bridgehead atoms. The molecular weight excluding hydrogens is 246 g/mol. The predicted molar refractivity (Wildman–Crippen MR) is 82.3 cm³/mol. The van der Waals surface area contributed by atoms with Crippen molar-refractivity contribution in [1.29, 1.82) is 5.26 Å². The summed E-state index contributed by atoms with van der Waals surface area (Å²) >= 11 is 0. The molecule has 0 atom stereocenters. The Bertz CT molecular complexity index is 293. The number of ether oxygens (including phenoxy) is 1. The fraction of sp³-hybridized carbons (Fsp3) is 0.944. The number of hydrogen-bond acceptors (Lipinski definition) is 2. The van der Waals surface area contributed by atoms with Crippen LogP contribution in [0.5, 0.6) is 0 Å². The Morgan fingerprint density at radius 2 is 1.60 bits per heavy atom. The first kappa shape index (κ1) is 15.8. The van der Waals surface area contributed by atoms with Crippen molar-refractivity contribution in [2.75, 3.05) is 6.61 Å². The van der Waals surface area contributed by atoms with Crippen LogP contribution in [-0.4, -0.2) is 12.7 Å². The largest absolute Gasteiger partial charge is 0.378 e. The quantitative estimate of drug-likeness (QED) is 0.634. The Balaban J connectivity index is 1.49. The molecular formula is C18H31NO. The van der Waals surface area contributed by atoms with Gasteiger partial charge in [0.15, 0.2) is 0 Å². The highest BCUT2D eigenvalue weighted by atomic mass is 16.5. The average Bonchev–Trinajstić information content (AvgIpc) is 2.53. The van der Waals surface area contributed by atoms with Crippen molar-refractivity contribution in [3.8, 4) is 6.07 Å². The summed E-state index contributed by atoms with van der Waals surface area (Å²) in [5.74, 6) is 2.28. The van der Waals surface area contributed by atoms with E-state index < -0.39 is 0 Å². The van der Waals surface area contributed by atoms with Crippen LogP contribution in [0, 0.1) is 29.1 Å². The van der Waals surface area contributed by atoms with Crippen molar-refractivity contribution < 1.29 is 4.74 Å². The van der Waals surface area contributed by atoms with E-state index in [9.17, 15) is 0 Å². The Kier molecular flexibility index (Phi) is 6.87. The molecule has 0 saturated heterocycles. The van der Waals surface area contributed by atoms with Gasteiger partial charge in [-0.15, -0.1) is 0 Å². The number of hydrogen-bond donors (Lipinski definition) is 0. The summed E-state index contributed by atoms with van der Waals surface area (Å²) in [5, 5.41) is 8.88. The van der Waals surface area contributed by atoms with Gasteiger partial charge >= 0.3 is 0 Å².